The van der Waals surface area contributed by atoms with Crippen LogP contribution in [0.25, 0.3) is 0 Å². The van der Waals surface area contributed by atoms with Crippen LogP contribution < -0.4 is 0 Å². The summed E-state index contributed by atoms with van der Waals surface area (Å²) in [5.74, 6) is 0. The van der Waals surface area contributed by atoms with Gasteiger partial charge in [0.2, 0.25) is 0 Å². The van der Waals surface area contributed by atoms with E-state index >= 15 is 0 Å². The van der Waals surface area contributed by atoms with Crippen LogP contribution in [0, 0.1) is 0 Å². The molecule has 3 heteroatoms. The van der Waals surface area contributed by atoms with Gasteiger partial charge in [0.25, 0.3) is 0 Å². The van der Waals surface area contributed by atoms with Gasteiger partial charge in [-0.25, -0.2) is 24.3 Å². The van der Waals surface area contributed by atoms with Crippen LogP contribution in [0.4, 0.5) is 0 Å². The summed E-state index contributed by atoms with van der Waals surface area (Å²) in [4.78, 5) is 0. The Balaban J connectivity index is 0.000000364. The molecule has 0 aliphatic heterocycles. The molecule has 0 aliphatic carbocycles. The smallest absolute Gasteiger partial charge is 0.213 e. The van der Waals surface area contributed by atoms with Gasteiger partial charge in [-0.05, 0) is 0 Å². The molecule has 0 unspecified atom stereocenters. The third kappa shape index (κ3) is 11.1. The molecule has 0 aromatic heterocycles. The maximum absolute atomic E-state index is 2.40. The third-order valence-electron chi connectivity index (χ3n) is 2.93. The van der Waals surface area contributed by atoms with Crippen molar-refractivity contribution in [1.82, 2.24) is 0 Å². The van der Waals surface area contributed by atoms with Gasteiger partial charge in [-0.2, -0.15) is 35.4 Å². The Morgan fingerprint density at radius 2 is 0.810 bits per heavy atom. The van der Waals surface area contributed by atoms with Crippen LogP contribution in [0.2, 0.25) is 39.3 Å². The van der Waals surface area contributed by atoms with Crippen LogP contribution >= 0.6 is 0 Å². The first kappa shape index (κ1) is 20.8. The van der Waals surface area contributed by atoms with Gasteiger partial charge in [0.1, 0.15) is 0 Å². The van der Waals surface area contributed by atoms with Crippen molar-refractivity contribution in [2.75, 3.05) is 0 Å². The fourth-order valence-electron chi connectivity index (χ4n) is 2.29. The molecule has 0 fully saturated rings. The van der Waals surface area contributed by atoms with Crippen molar-refractivity contribution in [3.8, 4) is 0 Å². The zero-order chi connectivity index (χ0) is 15.2. The zero-order valence-corrected chi connectivity index (χ0v) is 18.1. The van der Waals surface area contributed by atoms with E-state index in [1.165, 1.54) is 23.2 Å². The minimum absolute atomic E-state index is 0. The van der Waals surface area contributed by atoms with E-state index in [9.17, 15) is 0 Å². The summed E-state index contributed by atoms with van der Waals surface area (Å²) in [5.41, 5.74) is 3.03. The molecule has 0 saturated carbocycles. The van der Waals surface area contributed by atoms with Crippen molar-refractivity contribution < 1.29 is 21.7 Å². The Morgan fingerprint density at radius 1 is 0.571 bits per heavy atom. The molecule has 0 N–H and O–H groups in total. The van der Waals surface area contributed by atoms with Gasteiger partial charge in [0.15, 0.2) is 0 Å². The molecule has 0 saturated heterocycles. The van der Waals surface area contributed by atoms with Crippen LogP contribution in [-0.4, -0.2) is 16.1 Å². The van der Waals surface area contributed by atoms with E-state index < -0.39 is 16.1 Å². The fraction of sp³-hybridized carbons (Fsp3) is 0.444. The molecule has 0 heterocycles. The quantitative estimate of drug-likeness (QED) is 0.494. The predicted molar refractivity (Wildman–Crippen MR) is 98.2 cm³/mol. The monoisotopic (exact) mass is 350 g/mol. The van der Waals surface area contributed by atoms with Crippen molar-refractivity contribution in [3.63, 3.8) is 0 Å². The molecule has 0 amide bonds. The molecule has 0 spiro atoms. The first-order valence-electron chi connectivity index (χ1n) is 7.57. The van der Waals surface area contributed by atoms with Crippen molar-refractivity contribution >= 4 is 16.1 Å². The summed E-state index contributed by atoms with van der Waals surface area (Å²) in [6.45, 7) is 14.4. The Labute approximate surface area is 148 Å². The molecule has 2 aromatic rings. The summed E-state index contributed by atoms with van der Waals surface area (Å²) in [7, 11) is -1.72. The Morgan fingerprint density at radius 3 is 1.00 bits per heavy atom. The zero-order valence-electron chi connectivity index (χ0n) is 14.5. The van der Waals surface area contributed by atoms with E-state index in [1.54, 1.807) is 0 Å². The molecule has 0 aliphatic rings. The summed E-state index contributed by atoms with van der Waals surface area (Å²) < 4.78 is 0. The topological polar surface area (TPSA) is 0 Å². The van der Waals surface area contributed by atoms with Gasteiger partial charge in [0.05, 0.1) is 0 Å². The van der Waals surface area contributed by atoms with Gasteiger partial charge in [0, 0.05) is 16.1 Å². The van der Waals surface area contributed by atoms with E-state index in [-0.39, 0.29) is 21.7 Å². The van der Waals surface area contributed by atoms with Gasteiger partial charge < -0.3 is 0 Å². The van der Waals surface area contributed by atoms with Crippen LogP contribution in [0.15, 0.2) is 48.5 Å². The number of hydrogen-bond acceptors (Lipinski definition) is 0. The minimum atomic E-state index is -0.862. The predicted octanol–water partition coefficient (Wildman–Crippen LogP) is 5.65. The van der Waals surface area contributed by atoms with Gasteiger partial charge >= 0.3 is 21.7 Å². The largest absolute Gasteiger partial charge is 2.00 e. The van der Waals surface area contributed by atoms with Crippen LogP contribution in [0.3, 0.4) is 0 Å². The molecule has 0 bridgehead atoms. The molecule has 21 heavy (non-hydrogen) atoms. The van der Waals surface area contributed by atoms with Crippen LogP contribution in [-0.2, 0) is 33.8 Å². The summed E-state index contributed by atoms with van der Waals surface area (Å²) >= 11 is 0. The fourth-order valence-corrected chi connectivity index (χ4v) is 5.21. The van der Waals surface area contributed by atoms with E-state index in [4.69, 9.17) is 0 Å². The Hall–Kier alpha value is -0.152. The van der Waals surface area contributed by atoms with Crippen molar-refractivity contribution in [2.45, 2.75) is 51.4 Å². The number of rotatable bonds is 4. The normalized spacial score (nSPS) is 11.3. The third-order valence-corrected chi connectivity index (χ3v) is 5.87. The first-order chi connectivity index (χ1) is 9.16. The maximum atomic E-state index is 2.40. The van der Waals surface area contributed by atoms with Gasteiger partial charge in [-0.3, -0.25) is 0 Å². The molecule has 2 aromatic carbocycles. The average molecular weight is 350 g/mol. The van der Waals surface area contributed by atoms with Crippen molar-refractivity contribution in [2.24, 2.45) is 0 Å². The average Bonchev–Trinajstić information content (AvgIpc) is 2.87. The number of hydrogen-bond donors (Lipinski definition) is 0. The second kappa shape index (κ2) is 9.09. The maximum Gasteiger partial charge on any atom is 2.00 e. The van der Waals surface area contributed by atoms with Crippen molar-refractivity contribution in [3.05, 3.63) is 59.7 Å². The molecule has 2 rings (SSSR count). The van der Waals surface area contributed by atoms with E-state index in [2.05, 4.69) is 87.8 Å². The van der Waals surface area contributed by atoms with Gasteiger partial charge in [-0.15, -0.1) is 0 Å². The second-order valence-corrected chi connectivity index (χ2v) is 19.0. The molecule has 0 nitrogen and oxygen atoms in total. The standard InChI is InChI=1S/2C9H15Si.Ti/c2*1-10(2,3)8-9-6-4-5-7-9;/h2*4-7H,8H2,1-3H3;/q2*-1;+2. The minimum Gasteiger partial charge on any atom is -0.213 e. The van der Waals surface area contributed by atoms with Crippen molar-refractivity contribution in [1.29, 1.82) is 0 Å². The van der Waals surface area contributed by atoms with Crippen LogP contribution in [0.5, 0.6) is 0 Å². The summed E-state index contributed by atoms with van der Waals surface area (Å²) in [6.07, 6.45) is 0. The van der Waals surface area contributed by atoms with E-state index in [0.717, 1.165) is 0 Å². The molecule has 0 radical (unpaired) electrons. The summed E-state index contributed by atoms with van der Waals surface area (Å²) in [5, 5.41) is 0. The molecule has 114 valence electrons. The first-order valence-corrected chi connectivity index (χ1v) is 15.0. The van der Waals surface area contributed by atoms with Gasteiger partial charge in [-0.1, -0.05) is 51.4 Å². The van der Waals surface area contributed by atoms with Crippen LogP contribution in [0.1, 0.15) is 11.1 Å². The Kier molecular flexibility index (Phi) is 9.03. The van der Waals surface area contributed by atoms with E-state index in [1.807, 2.05) is 0 Å². The SMILES string of the molecule is C[Si](C)(C)C[c-]1cccc1.C[Si](C)(C)C[c-]1cccc1.[Ti+2]. The molecular weight excluding hydrogens is 320 g/mol. The summed E-state index contributed by atoms with van der Waals surface area (Å²) in [6, 6.07) is 20.0. The molecule has 0 atom stereocenters. The Bertz CT molecular complexity index is 410. The molecular formula is C18H30Si2Ti. The van der Waals surface area contributed by atoms with E-state index in [0.29, 0.717) is 0 Å². The second-order valence-electron chi connectivity index (χ2n) is 8.06.